The molecule has 0 aliphatic heterocycles. The van der Waals surface area contributed by atoms with E-state index in [0.29, 0.717) is 28.8 Å². The van der Waals surface area contributed by atoms with Gasteiger partial charge in [0.15, 0.2) is 23.0 Å². The maximum absolute atomic E-state index is 6.62. The van der Waals surface area contributed by atoms with Crippen LogP contribution in [0.3, 0.4) is 0 Å². The van der Waals surface area contributed by atoms with E-state index in [1.165, 1.54) is 5.56 Å². The first kappa shape index (κ1) is 22.4. The summed E-state index contributed by atoms with van der Waals surface area (Å²) >= 11 is 0. The van der Waals surface area contributed by atoms with Gasteiger partial charge in [0.1, 0.15) is 5.76 Å². The molecule has 0 radical (unpaired) electrons. The fourth-order valence-corrected chi connectivity index (χ4v) is 4.30. The Bertz CT molecular complexity index is 1400. The first-order valence-corrected chi connectivity index (χ1v) is 11.3. The highest BCUT2D eigenvalue weighted by atomic mass is 16.5. The molecule has 5 heteroatoms. The van der Waals surface area contributed by atoms with Crippen LogP contribution in [0.15, 0.2) is 94.0 Å². The molecule has 2 aromatic heterocycles. The Morgan fingerprint density at radius 3 is 1.83 bits per heavy atom. The summed E-state index contributed by atoms with van der Waals surface area (Å²) in [6.45, 7) is 2.07. The molecule has 5 aromatic rings. The van der Waals surface area contributed by atoms with Gasteiger partial charge >= 0.3 is 0 Å². The van der Waals surface area contributed by atoms with Crippen molar-refractivity contribution in [2.24, 2.45) is 0 Å². The number of rotatable bonds is 7. The normalized spacial score (nSPS) is 10.9. The molecule has 0 saturated carbocycles. The minimum absolute atomic E-state index is 0.534. The number of furan rings is 2. The summed E-state index contributed by atoms with van der Waals surface area (Å²) < 4.78 is 29.3. The monoisotopic (exact) mass is 466 g/mol. The van der Waals surface area contributed by atoms with Gasteiger partial charge in [-0.3, -0.25) is 0 Å². The van der Waals surface area contributed by atoms with E-state index in [0.717, 1.165) is 33.6 Å². The van der Waals surface area contributed by atoms with Crippen molar-refractivity contribution < 1.29 is 23.0 Å². The van der Waals surface area contributed by atoms with E-state index in [9.17, 15) is 0 Å². The second-order valence-electron chi connectivity index (χ2n) is 8.13. The number of hydrogen-bond donors (Lipinski definition) is 0. The lowest BCUT2D eigenvalue weighted by Crippen LogP contribution is -1.96. The molecular formula is C30H26O5. The van der Waals surface area contributed by atoms with Crippen LogP contribution in [-0.2, 0) is 0 Å². The van der Waals surface area contributed by atoms with Crippen molar-refractivity contribution in [3.8, 4) is 62.3 Å². The summed E-state index contributed by atoms with van der Waals surface area (Å²) in [6, 6.07) is 26.1. The topological polar surface area (TPSA) is 54.0 Å². The van der Waals surface area contributed by atoms with Crippen LogP contribution in [0.4, 0.5) is 0 Å². The number of benzene rings is 3. The van der Waals surface area contributed by atoms with E-state index in [4.69, 9.17) is 23.0 Å². The zero-order chi connectivity index (χ0) is 24.4. The van der Waals surface area contributed by atoms with Gasteiger partial charge in [0, 0.05) is 16.7 Å². The van der Waals surface area contributed by atoms with E-state index in [1.54, 1.807) is 27.6 Å². The summed E-state index contributed by atoms with van der Waals surface area (Å²) in [5, 5.41) is 0. The molecule has 5 rings (SSSR count). The molecule has 0 saturated heterocycles. The van der Waals surface area contributed by atoms with Gasteiger partial charge in [0.05, 0.1) is 27.6 Å². The van der Waals surface area contributed by atoms with Gasteiger partial charge in [0.2, 0.25) is 5.75 Å². The van der Waals surface area contributed by atoms with Gasteiger partial charge in [-0.1, -0.05) is 60.2 Å². The molecule has 35 heavy (non-hydrogen) atoms. The van der Waals surface area contributed by atoms with Crippen molar-refractivity contribution >= 4 is 0 Å². The first-order chi connectivity index (χ1) is 17.1. The Hall–Kier alpha value is -4.38. The van der Waals surface area contributed by atoms with Crippen molar-refractivity contribution in [3.05, 3.63) is 90.7 Å². The average Bonchev–Trinajstić information content (AvgIpc) is 3.57. The van der Waals surface area contributed by atoms with Gasteiger partial charge in [-0.05, 0) is 42.3 Å². The summed E-state index contributed by atoms with van der Waals surface area (Å²) in [7, 11) is 4.83. The van der Waals surface area contributed by atoms with Gasteiger partial charge in [0.25, 0.3) is 0 Å². The van der Waals surface area contributed by atoms with Crippen LogP contribution in [0.1, 0.15) is 5.56 Å². The summed E-state index contributed by atoms with van der Waals surface area (Å²) in [5.41, 5.74) is 5.83. The Morgan fingerprint density at radius 1 is 0.600 bits per heavy atom. The molecule has 176 valence electrons. The smallest absolute Gasteiger partial charge is 0.203 e. The molecule has 0 aliphatic rings. The Balaban J connectivity index is 1.90. The van der Waals surface area contributed by atoms with Gasteiger partial charge in [-0.2, -0.15) is 0 Å². The summed E-state index contributed by atoms with van der Waals surface area (Å²) in [5.74, 6) is 3.69. The molecule has 0 amide bonds. The number of ether oxygens (including phenoxy) is 3. The molecule has 0 spiro atoms. The number of methoxy groups -OCH3 is 3. The maximum Gasteiger partial charge on any atom is 0.203 e. The largest absolute Gasteiger partial charge is 0.493 e. The Labute approximate surface area is 204 Å². The highest BCUT2D eigenvalue weighted by Crippen LogP contribution is 2.51. The van der Waals surface area contributed by atoms with Crippen LogP contribution >= 0.6 is 0 Å². The van der Waals surface area contributed by atoms with Crippen LogP contribution in [0.25, 0.3) is 45.1 Å². The third-order valence-corrected chi connectivity index (χ3v) is 5.98. The van der Waals surface area contributed by atoms with E-state index in [1.807, 2.05) is 42.5 Å². The molecule has 5 nitrogen and oxygen atoms in total. The number of aryl methyl sites for hydroxylation is 1. The van der Waals surface area contributed by atoms with Crippen LogP contribution < -0.4 is 14.2 Å². The van der Waals surface area contributed by atoms with Gasteiger partial charge in [-0.15, -0.1) is 0 Å². The fraction of sp³-hybridized carbons (Fsp3) is 0.133. The molecule has 0 atom stereocenters. The van der Waals surface area contributed by atoms with E-state index in [-0.39, 0.29) is 0 Å². The molecular weight excluding hydrogens is 440 g/mol. The Kier molecular flexibility index (Phi) is 6.06. The summed E-state index contributed by atoms with van der Waals surface area (Å²) in [6.07, 6.45) is 1.65. The van der Waals surface area contributed by atoms with Gasteiger partial charge < -0.3 is 23.0 Å². The maximum atomic E-state index is 6.62. The minimum Gasteiger partial charge on any atom is -0.493 e. The van der Waals surface area contributed by atoms with Crippen LogP contribution in [0.2, 0.25) is 0 Å². The lowest BCUT2D eigenvalue weighted by molar-refractivity contribution is 0.324. The second kappa shape index (κ2) is 9.47. The van der Waals surface area contributed by atoms with Crippen molar-refractivity contribution in [1.82, 2.24) is 0 Å². The predicted octanol–water partition coefficient (Wildman–Crippen LogP) is 7.87. The quantitative estimate of drug-likeness (QED) is 0.244. The molecule has 0 bridgehead atoms. The minimum atomic E-state index is 0.534. The van der Waals surface area contributed by atoms with E-state index >= 15 is 0 Å². The lowest BCUT2D eigenvalue weighted by Gasteiger charge is -2.15. The second-order valence-corrected chi connectivity index (χ2v) is 8.13. The molecule has 0 aliphatic carbocycles. The zero-order valence-corrected chi connectivity index (χ0v) is 20.1. The lowest BCUT2D eigenvalue weighted by atomic mass is 9.92. The molecule has 0 N–H and O–H groups in total. The third kappa shape index (κ3) is 4.06. The molecule has 2 heterocycles. The third-order valence-electron chi connectivity index (χ3n) is 5.98. The average molecular weight is 467 g/mol. The number of hydrogen-bond acceptors (Lipinski definition) is 5. The highest BCUT2D eigenvalue weighted by Gasteiger charge is 2.28. The van der Waals surface area contributed by atoms with Crippen LogP contribution in [0.5, 0.6) is 17.2 Å². The summed E-state index contributed by atoms with van der Waals surface area (Å²) in [4.78, 5) is 0. The molecule has 0 unspecified atom stereocenters. The first-order valence-electron chi connectivity index (χ1n) is 11.3. The molecule has 3 aromatic carbocycles. The fourth-order valence-electron chi connectivity index (χ4n) is 4.30. The van der Waals surface area contributed by atoms with Crippen molar-refractivity contribution in [3.63, 3.8) is 0 Å². The standard InChI is InChI=1S/C30H26O5/c1-19-12-14-21(15-13-19)28-27(22-17-24(31-2)29(33-4)25(18-22)32-3)26(20-9-6-5-7-10-20)30(35-28)23-11-8-16-34-23/h5-18H,1-4H3. The zero-order valence-electron chi connectivity index (χ0n) is 20.1. The van der Waals surface area contributed by atoms with E-state index < -0.39 is 0 Å². The predicted molar refractivity (Wildman–Crippen MR) is 137 cm³/mol. The van der Waals surface area contributed by atoms with Crippen LogP contribution in [0, 0.1) is 6.92 Å². The Morgan fingerprint density at radius 2 is 1.26 bits per heavy atom. The molecule has 0 fully saturated rings. The SMILES string of the molecule is COc1cc(-c2c(-c3ccc(C)cc3)oc(-c3ccco3)c2-c2ccccc2)cc(OC)c1OC. The highest BCUT2D eigenvalue weighted by molar-refractivity contribution is 5.99. The van der Waals surface area contributed by atoms with Crippen molar-refractivity contribution in [2.75, 3.05) is 21.3 Å². The van der Waals surface area contributed by atoms with Crippen LogP contribution in [-0.4, -0.2) is 21.3 Å². The van der Waals surface area contributed by atoms with Gasteiger partial charge in [-0.25, -0.2) is 0 Å². The van der Waals surface area contributed by atoms with Crippen molar-refractivity contribution in [2.45, 2.75) is 6.92 Å². The van der Waals surface area contributed by atoms with Crippen molar-refractivity contribution in [1.29, 1.82) is 0 Å². The van der Waals surface area contributed by atoms with E-state index in [2.05, 4.69) is 43.3 Å².